The summed E-state index contributed by atoms with van der Waals surface area (Å²) in [5, 5.41) is 9.04. The first-order chi connectivity index (χ1) is 14.9. The van der Waals surface area contributed by atoms with E-state index in [1.165, 1.54) is 0 Å². The number of carbonyl (C=O) groups excluding carboxylic acids is 1. The Morgan fingerprint density at radius 3 is 2.68 bits per heavy atom. The Kier molecular flexibility index (Phi) is 4.71. The van der Waals surface area contributed by atoms with Crippen molar-refractivity contribution in [3.05, 3.63) is 87.3 Å². The van der Waals surface area contributed by atoms with Gasteiger partial charge in [-0.25, -0.2) is 4.98 Å². The predicted molar refractivity (Wildman–Crippen MR) is 123 cm³/mol. The fourth-order valence-electron chi connectivity index (χ4n) is 4.13. The van der Waals surface area contributed by atoms with Gasteiger partial charge in [0.05, 0.1) is 11.4 Å². The highest BCUT2D eigenvalue weighted by molar-refractivity contribution is 9.10. The molecule has 4 heterocycles. The zero-order valence-corrected chi connectivity index (χ0v) is 19.2. The van der Waals surface area contributed by atoms with E-state index in [-0.39, 0.29) is 11.9 Å². The predicted octanol–water partition coefficient (Wildman–Crippen LogP) is 4.89. The van der Waals surface area contributed by atoms with Crippen molar-refractivity contribution >= 4 is 44.8 Å². The Labute approximate surface area is 192 Å². The molecule has 0 saturated heterocycles. The Balaban J connectivity index is 1.76. The van der Waals surface area contributed by atoms with Gasteiger partial charge in [-0.2, -0.15) is 0 Å². The van der Waals surface area contributed by atoms with E-state index in [0.29, 0.717) is 22.0 Å². The fourth-order valence-corrected chi connectivity index (χ4v) is 4.77. The topological polar surface area (TPSA) is 68.3 Å². The number of amides is 1. The van der Waals surface area contributed by atoms with Crippen LogP contribution in [0.15, 0.2) is 53.9 Å². The van der Waals surface area contributed by atoms with E-state index in [1.807, 2.05) is 59.3 Å². The van der Waals surface area contributed by atoms with Gasteiger partial charge in [0.2, 0.25) is 0 Å². The largest absolute Gasteiger partial charge is 0.316 e. The van der Waals surface area contributed by atoms with Gasteiger partial charge in [0.25, 0.3) is 5.91 Å². The van der Waals surface area contributed by atoms with Crippen LogP contribution in [0.1, 0.15) is 39.2 Å². The second-order valence-electron chi connectivity index (χ2n) is 7.47. The molecule has 1 amide bonds. The lowest BCUT2D eigenvalue weighted by Crippen LogP contribution is -2.30. The molecular formula is C22H18BrClN6O. The summed E-state index contributed by atoms with van der Waals surface area (Å²) in [7, 11) is 0. The highest BCUT2D eigenvalue weighted by Crippen LogP contribution is 2.43. The zero-order valence-electron chi connectivity index (χ0n) is 16.9. The van der Waals surface area contributed by atoms with E-state index < -0.39 is 0 Å². The summed E-state index contributed by atoms with van der Waals surface area (Å²) >= 11 is 9.64. The Bertz CT molecular complexity index is 1360. The van der Waals surface area contributed by atoms with Crippen molar-refractivity contribution in [1.82, 2.24) is 24.1 Å². The van der Waals surface area contributed by atoms with Crippen molar-refractivity contribution in [1.29, 1.82) is 0 Å². The standard InChI is InChI=1S/C22H18BrClN6O/c1-4-9-28-19-17(25-22(28)23)21(31)30(18(19)14-5-7-15(24)8-6-14)16-10-12(2)20-27-26-13(3)29(20)11-16/h4-8,10-11,18H,1,9H2,2-3H3. The molecule has 9 heteroatoms. The smallest absolute Gasteiger partial charge is 0.279 e. The summed E-state index contributed by atoms with van der Waals surface area (Å²) in [4.78, 5) is 19.9. The number of pyridine rings is 1. The van der Waals surface area contributed by atoms with Crippen LogP contribution < -0.4 is 4.90 Å². The number of anilines is 1. The van der Waals surface area contributed by atoms with Crippen LogP contribution in [0.4, 0.5) is 5.69 Å². The summed E-state index contributed by atoms with van der Waals surface area (Å²) in [6, 6.07) is 9.14. The van der Waals surface area contributed by atoms with Crippen molar-refractivity contribution in [2.75, 3.05) is 4.90 Å². The van der Waals surface area contributed by atoms with Gasteiger partial charge in [-0.1, -0.05) is 29.8 Å². The molecule has 1 aliphatic heterocycles. The number of benzene rings is 1. The lowest BCUT2D eigenvalue weighted by atomic mass is 10.0. The average Bonchev–Trinajstić information content (AvgIpc) is 3.36. The van der Waals surface area contributed by atoms with E-state index in [4.69, 9.17) is 11.6 Å². The zero-order chi connectivity index (χ0) is 21.9. The van der Waals surface area contributed by atoms with Gasteiger partial charge < -0.3 is 4.57 Å². The van der Waals surface area contributed by atoms with Crippen molar-refractivity contribution in [3.8, 4) is 0 Å². The molecule has 0 aliphatic carbocycles. The molecule has 31 heavy (non-hydrogen) atoms. The van der Waals surface area contributed by atoms with Crippen molar-refractivity contribution in [3.63, 3.8) is 0 Å². The molecular weight excluding hydrogens is 480 g/mol. The van der Waals surface area contributed by atoms with Crippen LogP contribution in [-0.2, 0) is 6.54 Å². The summed E-state index contributed by atoms with van der Waals surface area (Å²) < 4.78 is 4.47. The Hall–Kier alpha value is -2.97. The summed E-state index contributed by atoms with van der Waals surface area (Å²) in [6.45, 7) is 8.23. The lowest BCUT2D eigenvalue weighted by Gasteiger charge is -2.27. The molecule has 1 unspecified atom stereocenters. The molecule has 0 radical (unpaired) electrons. The molecule has 3 aromatic heterocycles. The van der Waals surface area contributed by atoms with Crippen LogP contribution >= 0.6 is 27.5 Å². The van der Waals surface area contributed by atoms with Crippen LogP contribution in [0.5, 0.6) is 0 Å². The van der Waals surface area contributed by atoms with E-state index in [1.54, 1.807) is 11.0 Å². The first kappa shape index (κ1) is 20.0. The molecule has 5 rings (SSSR count). The molecule has 0 fully saturated rings. The Morgan fingerprint density at radius 2 is 1.97 bits per heavy atom. The highest BCUT2D eigenvalue weighted by Gasteiger charge is 2.44. The molecule has 4 aromatic rings. The number of allylic oxidation sites excluding steroid dienone is 1. The molecule has 156 valence electrons. The van der Waals surface area contributed by atoms with Gasteiger partial charge >= 0.3 is 0 Å². The summed E-state index contributed by atoms with van der Waals surface area (Å²) in [5.74, 6) is 0.590. The average molecular weight is 498 g/mol. The number of aryl methyl sites for hydroxylation is 2. The van der Waals surface area contributed by atoms with Crippen LogP contribution in [0, 0.1) is 13.8 Å². The minimum Gasteiger partial charge on any atom is -0.316 e. The van der Waals surface area contributed by atoms with Crippen LogP contribution in [0.25, 0.3) is 5.65 Å². The second-order valence-corrected chi connectivity index (χ2v) is 8.61. The summed E-state index contributed by atoms with van der Waals surface area (Å²) in [5.41, 5.74) is 4.62. The van der Waals surface area contributed by atoms with Crippen molar-refractivity contribution in [2.45, 2.75) is 26.4 Å². The highest BCUT2D eigenvalue weighted by atomic mass is 79.9. The number of aromatic nitrogens is 5. The van der Waals surface area contributed by atoms with Gasteiger partial charge in [-0.05, 0) is 59.1 Å². The normalized spacial score (nSPS) is 15.7. The molecule has 0 N–H and O–H groups in total. The third-order valence-corrected chi connectivity index (χ3v) is 6.38. The monoisotopic (exact) mass is 496 g/mol. The van der Waals surface area contributed by atoms with Crippen molar-refractivity contribution in [2.24, 2.45) is 0 Å². The van der Waals surface area contributed by atoms with Gasteiger partial charge in [0, 0.05) is 17.8 Å². The molecule has 0 bridgehead atoms. The third kappa shape index (κ3) is 3.01. The van der Waals surface area contributed by atoms with Gasteiger partial charge in [0.1, 0.15) is 11.9 Å². The minimum absolute atomic E-state index is 0.164. The number of hydrogen-bond donors (Lipinski definition) is 0. The number of nitrogens with zero attached hydrogens (tertiary/aromatic N) is 6. The van der Waals surface area contributed by atoms with Crippen LogP contribution in [0.3, 0.4) is 0 Å². The molecule has 7 nitrogen and oxygen atoms in total. The van der Waals surface area contributed by atoms with E-state index >= 15 is 0 Å². The van der Waals surface area contributed by atoms with E-state index in [9.17, 15) is 4.79 Å². The van der Waals surface area contributed by atoms with Gasteiger partial charge in [-0.15, -0.1) is 16.8 Å². The fraction of sp³-hybridized carbons (Fsp3) is 0.182. The lowest BCUT2D eigenvalue weighted by molar-refractivity contribution is 0.0989. The number of rotatable bonds is 4. The summed E-state index contributed by atoms with van der Waals surface area (Å²) in [6.07, 6.45) is 3.69. The molecule has 1 atom stereocenters. The maximum absolute atomic E-state index is 13.6. The van der Waals surface area contributed by atoms with Gasteiger partial charge in [0.15, 0.2) is 16.1 Å². The maximum Gasteiger partial charge on any atom is 0.279 e. The number of fused-ring (bicyclic) bond motifs is 2. The Morgan fingerprint density at radius 1 is 1.23 bits per heavy atom. The number of halogens is 2. The molecule has 1 aromatic carbocycles. The quantitative estimate of drug-likeness (QED) is 0.376. The molecule has 1 aliphatic rings. The van der Waals surface area contributed by atoms with Gasteiger partial charge in [-0.3, -0.25) is 14.1 Å². The molecule has 0 spiro atoms. The van der Waals surface area contributed by atoms with E-state index in [2.05, 4.69) is 37.7 Å². The van der Waals surface area contributed by atoms with E-state index in [0.717, 1.165) is 34.0 Å². The first-order valence-corrected chi connectivity index (χ1v) is 10.9. The molecule has 0 saturated carbocycles. The van der Waals surface area contributed by atoms with Crippen LogP contribution in [-0.4, -0.2) is 30.1 Å². The SMILES string of the molecule is C=CCn1c(Br)nc2c1C(c1ccc(Cl)cc1)N(c1cc(C)c3nnc(C)n3c1)C2=O. The number of carbonyl (C=O) groups is 1. The second kappa shape index (κ2) is 7.32. The van der Waals surface area contributed by atoms with Crippen LogP contribution in [0.2, 0.25) is 5.02 Å². The van der Waals surface area contributed by atoms with Crippen molar-refractivity contribution < 1.29 is 4.79 Å². The number of hydrogen-bond acceptors (Lipinski definition) is 4. The third-order valence-electron chi connectivity index (χ3n) is 5.52. The maximum atomic E-state index is 13.6. The first-order valence-electron chi connectivity index (χ1n) is 9.68. The minimum atomic E-state index is -0.368. The number of imidazole rings is 1.